The van der Waals surface area contributed by atoms with Crippen LogP contribution in [0.15, 0.2) is 65.4 Å². The third-order valence-electron chi connectivity index (χ3n) is 3.74. The number of carbonyl (C=O) groups is 1. The lowest BCUT2D eigenvalue weighted by Crippen LogP contribution is -2.29. The molecule has 0 atom stereocenters. The van der Waals surface area contributed by atoms with Crippen molar-refractivity contribution in [3.63, 3.8) is 0 Å². The molecule has 0 radical (unpaired) electrons. The zero-order chi connectivity index (χ0) is 18.4. The smallest absolute Gasteiger partial charge is 0.258 e. The minimum absolute atomic E-state index is 0.0679. The van der Waals surface area contributed by atoms with E-state index in [0.29, 0.717) is 28.3 Å². The predicted octanol–water partition coefficient (Wildman–Crippen LogP) is 4.04. The average molecular weight is 435 g/mol. The first-order valence-electron chi connectivity index (χ1n) is 8.00. The molecule has 0 spiro atoms. The number of halogens is 2. The minimum Gasteiger partial charge on any atom is -0.483 e. The lowest BCUT2D eigenvalue weighted by Gasteiger charge is -2.12. The first-order valence-corrected chi connectivity index (χ1v) is 9.17. The van der Waals surface area contributed by atoms with Gasteiger partial charge in [0.05, 0.1) is 11.0 Å². The van der Waals surface area contributed by atoms with Crippen LogP contribution in [0.3, 0.4) is 0 Å². The highest BCUT2D eigenvalue weighted by Gasteiger charge is 2.08. The van der Waals surface area contributed by atoms with Crippen LogP contribution in [0.5, 0.6) is 5.75 Å². The standard InChI is InChI=1S/C19H17BrClN3O2/c20-17-10-16(21)6-7-18(17)26-13-19(25)22-11-14-4-1-2-5-15(14)12-24-9-3-8-23-24/h1-10H,11-13H2,(H,22,25). The van der Waals surface area contributed by atoms with Crippen LogP contribution in [0.2, 0.25) is 5.02 Å². The molecule has 0 bridgehead atoms. The summed E-state index contributed by atoms with van der Waals surface area (Å²) in [6, 6.07) is 15.0. The third-order valence-corrected chi connectivity index (χ3v) is 4.59. The molecule has 2 aromatic carbocycles. The molecule has 0 fully saturated rings. The Kier molecular flexibility index (Phi) is 6.30. The Morgan fingerprint density at radius 1 is 1.19 bits per heavy atom. The quantitative estimate of drug-likeness (QED) is 0.610. The SMILES string of the molecule is O=C(COc1ccc(Cl)cc1Br)NCc1ccccc1Cn1cccn1. The van der Waals surface area contributed by atoms with Crippen molar-refractivity contribution >= 4 is 33.4 Å². The molecule has 7 heteroatoms. The van der Waals surface area contributed by atoms with Crippen molar-refractivity contribution in [1.82, 2.24) is 15.1 Å². The zero-order valence-electron chi connectivity index (χ0n) is 13.9. The number of aromatic nitrogens is 2. The van der Waals surface area contributed by atoms with Crippen LogP contribution in [0.4, 0.5) is 0 Å². The Labute approximate surface area is 165 Å². The van der Waals surface area contributed by atoms with E-state index in [1.807, 2.05) is 41.2 Å². The van der Waals surface area contributed by atoms with Gasteiger partial charge in [-0.3, -0.25) is 9.48 Å². The number of amides is 1. The fourth-order valence-corrected chi connectivity index (χ4v) is 3.23. The summed E-state index contributed by atoms with van der Waals surface area (Å²) in [5, 5.41) is 7.71. The number of hydrogen-bond donors (Lipinski definition) is 1. The summed E-state index contributed by atoms with van der Waals surface area (Å²) < 4.78 is 8.09. The maximum atomic E-state index is 12.1. The molecule has 5 nitrogen and oxygen atoms in total. The fraction of sp³-hybridized carbons (Fsp3) is 0.158. The Balaban J connectivity index is 1.54. The van der Waals surface area contributed by atoms with E-state index in [0.717, 1.165) is 11.1 Å². The van der Waals surface area contributed by atoms with Gasteiger partial charge in [-0.1, -0.05) is 35.9 Å². The summed E-state index contributed by atoms with van der Waals surface area (Å²) in [6.45, 7) is 1.02. The van der Waals surface area contributed by atoms with E-state index in [-0.39, 0.29) is 12.5 Å². The van der Waals surface area contributed by atoms with Crippen LogP contribution in [0.1, 0.15) is 11.1 Å². The first kappa shape index (κ1) is 18.5. The number of nitrogens with zero attached hydrogens (tertiary/aromatic N) is 2. The maximum absolute atomic E-state index is 12.1. The highest BCUT2D eigenvalue weighted by molar-refractivity contribution is 9.10. The summed E-state index contributed by atoms with van der Waals surface area (Å²) in [6.07, 6.45) is 3.66. The van der Waals surface area contributed by atoms with Crippen LogP contribution in [-0.4, -0.2) is 22.3 Å². The molecule has 26 heavy (non-hydrogen) atoms. The van der Waals surface area contributed by atoms with E-state index in [2.05, 4.69) is 26.3 Å². The van der Waals surface area contributed by atoms with Crippen molar-refractivity contribution in [3.8, 4) is 5.75 Å². The van der Waals surface area contributed by atoms with Gasteiger partial charge in [-0.25, -0.2) is 0 Å². The Morgan fingerprint density at radius 2 is 2.00 bits per heavy atom. The van der Waals surface area contributed by atoms with E-state index >= 15 is 0 Å². The molecule has 0 saturated heterocycles. The topological polar surface area (TPSA) is 56.1 Å². The molecule has 0 unspecified atom stereocenters. The van der Waals surface area contributed by atoms with Crippen molar-refractivity contribution in [3.05, 3.63) is 81.5 Å². The molecule has 3 aromatic rings. The number of nitrogens with one attached hydrogen (secondary N) is 1. The van der Waals surface area contributed by atoms with E-state index in [4.69, 9.17) is 16.3 Å². The molecular weight excluding hydrogens is 418 g/mol. The summed E-state index contributed by atoms with van der Waals surface area (Å²) in [4.78, 5) is 12.1. The van der Waals surface area contributed by atoms with Gasteiger partial charge in [-0.15, -0.1) is 0 Å². The highest BCUT2D eigenvalue weighted by atomic mass is 79.9. The van der Waals surface area contributed by atoms with E-state index in [1.165, 1.54) is 0 Å². The van der Waals surface area contributed by atoms with Crippen LogP contribution >= 0.6 is 27.5 Å². The van der Waals surface area contributed by atoms with Gasteiger partial charge in [0.15, 0.2) is 6.61 Å². The lowest BCUT2D eigenvalue weighted by molar-refractivity contribution is -0.123. The second-order valence-corrected chi connectivity index (χ2v) is 6.90. The summed E-state index contributed by atoms with van der Waals surface area (Å²) in [5.74, 6) is 0.379. The van der Waals surface area contributed by atoms with Crippen molar-refractivity contribution in [1.29, 1.82) is 0 Å². The van der Waals surface area contributed by atoms with Gasteiger partial charge in [0.1, 0.15) is 5.75 Å². The van der Waals surface area contributed by atoms with Gasteiger partial charge in [-0.2, -0.15) is 5.10 Å². The highest BCUT2D eigenvalue weighted by Crippen LogP contribution is 2.27. The van der Waals surface area contributed by atoms with Crippen LogP contribution in [-0.2, 0) is 17.9 Å². The van der Waals surface area contributed by atoms with E-state index in [9.17, 15) is 4.79 Å². The second kappa shape index (κ2) is 8.87. The second-order valence-electron chi connectivity index (χ2n) is 5.61. The predicted molar refractivity (Wildman–Crippen MR) is 104 cm³/mol. The number of rotatable bonds is 7. The number of ether oxygens (including phenoxy) is 1. The molecule has 0 saturated carbocycles. The number of carbonyl (C=O) groups excluding carboxylic acids is 1. The average Bonchev–Trinajstić information content (AvgIpc) is 3.13. The third kappa shape index (κ3) is 5.09. The minimum atomic E-state index is -0.194. The largest absolute Gasteiger partial charge is 0.483 e. The zero-order valence-corrected chi connectivity index (χ0v) is 16.2. The lowest BCUT2D eigenvalue weighted by atomic mass is 10.1. The summed E-state index contributed by atoms with van der Waals surface area (Å²) in [7, 11) is 0. The number of hydrogen-bond acceptors (Lipinski definition) is 3. The fourth-order valence-electron chi connectivity index (χ4n) is 2.43. The van der Waals surface area contributed by atoms with E-state index in [1.54, 1.807) is 24.4 Å². The van der Waals surface area contributed by atoms with Gasteiger partial charge in [-0.05, 0) is 51.3 Å². The maximum Gasteiger partial charge on any atom is 0.258 e. The molecule has 0 aliphatic heterocycles. The molecule has 1 heterocycles. The van der Waals surface area contributed by atoms with Crippen LogP contribution in [0, 0.1) is 0 Å². The van der Waals surface area contributed by atoms with E-state index < -0.39 is 0 Å². The molecule has 134 valence electrons. The van der Waals surface area contributed by atoms with Gasteiger partial charge in [0.2, 0.25) is 0 Å². The van der Waals surface area contributed by atoms with Crippen molar-refractivity contribution < 1.29 is 9.53 Å². The Morgan fingerprint density at radius 3 is 2.73 bits per heavy atom. The van der Waals surface area contributed by atoms with Gasteiger partial charge < -0.3 is 10.1 Å². The summed E-state index contributed by atoms with van der Waals surface area (Å²) >= 11 is 9.25. The summed E-state index contributed by atoms with van der Waals surface area (Å²) in [5.41, 5.74) is 2.15. The normalized spacial score (nSPS) is 10.5. The monoisotopic (exact) mass is 433 g/mol. The van der Waals surface area contributed by atoms with Crippen LogP contribution in [0.25, 0.3) is 0 Å². The van der Waals surface area contributed by atoms with Crippen molar-refractivity contribution in [2.24, 2.45) is 0 Å². The number of benzene rings is 2. The Bertz CT molecular complexity index is 884. The van der Waals surface area contributed by atoms with Crippen molar-refractivity contribution in [2.45, 2.75) is 13.1 Å². The molecule has 1 N–H and O–H groups in total. The van der Waals surface area contributed by atoms with Gasteiger partial charge in [0.25, 0.3) is 5.91 Å². The van der Waals surface area contributed by atoms with Crippen LogP contribution < -0.4 is 10.1 Å². The molecule has 0 aliphatic rings. The molecule has 0 aliphatic carbocycles. The van der Waals surface area contributed by atoms with Crippen molar-refractivity contribution in [2.75, 3.05) is 6.61 Å². The Hall–Kier alpha value is -2.31. The molecular formula is C19H17BrClN3O2. The van der Waals surface area contributed by atoms with Gasteiger partial charge >= 0.3 is 0 Å². The molecule has 1 aromatic heterocycles. The first-order chi connectivity index (χ1) is 12.6. The molecule has 3 rings (SSSR count). The van der Waals surface area contributed by atoms with Gasteiger partial charge in [0, 0.05) is 24.0 Å². The molecule has 1 amide bonds.